The topological polar surface area (TPSA) is 106 Å². The Kier molecular flexibility index (Phi) is 7.03. The molecule has 0 spiro atoms. The maximum Gasteiger partial charge on any atom is 0.316 e. The van der Waals surface area contributed by atoms with Gasteiger partial charge in [0.15, 0.2) is 6.61 Å². The first kappa shape index (κ1) is 21.3. The average molecular weight is 429 g/mol. The van der Waals surface area contributed by atoms with Gasteiger partial charge in [-0.15, -0.1) is 0 Å². The third-order valence-corrected chi connectivity index (χ3v) is 4.55. The number of carbonyl (C=O) groups is 2. The highest BCUT2D eigenvalue weighted by Crippen LogP contribution is 2.21. The minimum Gasteiger partial charge on any atom is -0.484 e. The number of rotatable bonds is 8. The molecule has 9 heteroatoms. The molecule has 0 aliphatic carbocycles. The minimum absolute atomic E-state index is 0.140. The maximum atomic E-state index is 12.1. The summed E-state index contributed by atoms with van der Waals surface area (Å²) < 4.78 is 10.4. The van der Waals surface area contributed by atoms with E-state index in [0.717, 1.165) is 16.7 Å². The van der Waals surface area contributed by atoms with Gasteiger partial charge >= 0.3 is 11.8 Å². The molecular weight excluding hydrogens is 408 g/mol. The van der Waals surface area contributed by atoms with Crippen LogP contribution in [0.2, 0.25) is 5.02 Å². The summed E-state index contributed by atoms with van der Waals surface area (Å²) in [6.07, 6.45) is 0. The van der Waals surface area contributed by atoms with Crippen LogP contribution in [-0.4, -0.2) is 41.7 Å². The molecule has 0 aliphatic rings. The number of hydrogen-bond donors (Lipinski definition) is 2. The predicted molar refractivity (Wildman–Crippen MR) is 111 cm³/mol. The summed E-state index contributed by atoms with van der Waals surface area (Å²) in [6, 6.07) is 12.7. The van der Waals surface area contributed by atoms with E-state index in [1.54, 1.807) is 18.2 Å². The van der Waals surface area contributed by atoms with Gasteiger partial charge < -0.3 is 19.9 Å². The third kappa shape index (κ3) is 5.81. The lowest BCUT2D eigenvalue weighted by Crippen LogP contribution is -2.36. The van der Waals surface area contributed by atoms with Crippen molar-refractivity contribution < 1.29 is 18.8 Å². The predicted octanol–water partition coefficient (Wildman–Crippen LogP) is 2.93. The van der Waals surface area contributed by atoms with Gasteiger partial charge in [0.25, 0.3) is 5.91 Å². The van der Waals surface area contributed by atoms with Crippen molar-refractivity contribution in [1.82, 2.24) is 20.8 Å². The highest BCUT2D eigenvalue weighted by atomic mass is 35.5. The first-order valence-corrected chi connectivity index (χ1v) is 9.65. The first-order valence-electron chi connectivity index (χ1n) is 9.27. The molecule has 30 heavy (non-hydrogen) atoms. The molecule has 156 valence electrons. The van der Waals surface area contributed by atoms with Gasteiger partial charge in [0.05, 0.1) is 0 Å². The van der Waals surface area contributed by atoms with E-state index in [4.69, 9.17) is 20.9 Å². The van der Waals surface area contributed by atoms with Crippen LogP contribution in [0.4, 0.5) is 0 Å². The Morgan fingerprint density at radius 3 is 2.67 bits per heavy atom. The van der Waals surface area contributed by atoms with Gasteiger partial charge in [-0.05, 0) is 43.7 Å². The lowest BCUT2D eigenvalue weighted by atomic mass is 10.1. The van der Waals surface area contributed by atoms with Crippen LogP contribution < -0.4 is 15.4 Å². The molecule has 1 aromatic heterocycles. The number of nitrogens with one attached hydrogen (secondary N) is 2. The summed E-state index contributed by atoms with van der Waals surface area (Å²) in [6.45, 7) is 4.09. The van der Waals surface area contributed by atoms with E-state index >= 15 is 0 Å². The molecule has 0 saturated carbocycles. The largest absolute Gasteiger partial charge is 0.484 e. The van der Waals surface area contributed by atoms with Crippen molar-refractivity contribution in [3.05, 3.63) is 64.5 Å². The van der Waals surface area contributed by atoms with Crippen molar-refractivity contribution in [3.8, 4) is 17.1 Å². The van der Waals surface area contributed by atoms with E-state index in [-0.39, 0.29) is 31.5 Å². The van der Waals surface area contributed by atoms with Gasteiger partial charge in [-0.2, -0.15) is 4.98 Å². The van der Waals surface area contributed by atoms with Crippen molar-refractivity contribution in [2.45, 2.75) is 13.8 Å². The van der Waals surface area contributed by atoms with Crippen molar-refractivity contribution in [3.63, 3.8) is 0 Å². The number of nitrogens with zero attached hydrogens (tertiary/aromatic N) is 2. The number of ether oxygens (including phenoxy) is 1. The highest BCUT2D eigenvalue weighted by Gasteiger charge is 2.15. The second-order valence-electron chi connectivity index (χ2n) is 6.60. The van der Waals surface area contributed by atoms with E-state index < -0.39 is 5.91 Å². The fourth-order valence-corrected chi connectivity index (χ4v) is 2.70. The van der Waals surface area contributed by atoms with Crippen molar-refractivity contribution >= 4 is 23.4 Å². The summed E-state index contributed by atoms with van der Waals surface area (Å²) >= 11 is 5.95. The van der Waals surface area contributed by atoms with Crippen molar-refractivity contribution in [2.75, 3.05) is 19.7 Å². The first-order chi connectivity index (χ1) is 14.4. The lowest BCUT2D eigenvalue weighted by Gasteiger charge is -2.08. The van der Waals surface area contributed by atoms with Crippen LogP contribution >= 0.6 is 11.6 Å². The molecule has 0 aliphatic heterocycles. The van der Waals surface area contributed by atoms with Crippen LogP contribution in [0.1, 0.15) is 21.8 Å². The molecule has 2 amide bonds. The quantitative estimate of drug-likeness (QED) is 0.534. The summed E-state index contributed by atoms with van der Waals surface area (Å²) in [5, 5.41) is 9.73. The normalized spacial score (nSPS) is 10.5. The Hall–Kier alpha value is -3.39. The molecule has 8 nitrogen and oxygen atoms in total. The Balaban J connectivity index is 1.39. The number of aromatic nitrogens is 2. The second-order valence-corrected chi connectivity index (χ2v) is 7.01. The summed E-state index contributed by atoms with van der Waals surface area (Å²) in [5.41, 5.74) is 2.68. The number of benzene rings is 2. The standard InChI is InChI=1S/C21H21ClN4O4/c1-13-4-3-5-15(10-13)19-25-21(30-26-19)20(28)24-9-8-23-18(27)12-29-16-6-7-17(22)14(2)11-16/h3-7,10-11H,8-9,12H2,1-2H3,(H,23,27)(H,24,28). The van der Waals surface area contributed by atoms with Crippen molar-refractivity contribution in [1.29, 1.82) is 0 Å². The van der Waals surface area contributed by atoms with Gasteiger partial charge in [-0.1, -0.05) is 40.5 Å². The van der Waals surface area contributed by atoms with Crippen LogP contribution in [0, 0.1) is 13.8 Å². The van der Waals surface area contributed by atoms with E-state index in [2.05, 4.69) is 20.8 Å². The Labute approximate surface area is 178 Å². The van der Waals surface area contributed by atoms with Crippen LogP contribution in [0.3, 0.4) is 0 Å². The molecule has 2 N–H and O–H groups in total. The fraction of sp³-hybridized carbons (Fsp3) is 0.238. The molecule has 3 rings (SSSR count). The lowest BCUT2D eigenvalue weighted by molar-refractivity contribution is -0.123. The fourth-order valence-electron chi connectivity index (χ4n) is 2.58. The minimum atomic E-state index is -0.511. The van der Waals surface area contributed by atoms with Gasteiger partial charge in [-0.25, -0.2) is 0 Å². The van der Waals surface area contributed by atoms with E-state index in [1.165, 1.54) is 0 Å². The van der Waals surface area contributed by atoms with Crippen LogP contribution in [0.15, 0.2) is 47.0 Å². The number of aryl methyl sites for hydroxylation is 2. The molecule has 0 fully saturated rings. The number of carbonyl (C=O) groups excluding carboxylic acids is 2. The molecular formula is C21H21ClN4O4. The molecule has 0 unspecified atom stereocenters. The van der Waals surface area contributed by atoms with E-state index in [1.807, 2.05) is 38.1 Å². The molecule has 0 saturated heterocycles. The Morgan fingerprint density at radius 2 is 1.90 bits per heavy atom. The van der Waals surface area contributed by atoms with Gasteiger partial charge in [0, 0.05) is 23.7 Å². The van der Waals surface area contributed by atoms with E-state index in [0.29, 0.717) is 16.6 Å². The number of halogens is 1. The average Bonchev–Trinajstić information content (AvgIpc) is 3.22. The van der Waals surface area contributed by atoms with Crippen LogP contribution in [-0.2, 0) is 4.79 Å². The van der Waals surface area contributed by atoms with Crippen molar-refractivity contribution in [2.24, 2.45) is 0 Å². The molecule has 2 aromatic carbocycles. The van der Waals surface area contributed by atoms with Gasteiger partial charge in [-0.3, -0.25) is 9.59 Å². The monoisotopic (exact) mass is 428 g/mol. The molecule has 1 heterocycles. The second kappa shape index (κ2) is 9.89. The Bertz CT molecular complexity index is 1050. The number of hydrogen-bond acceptors (Lipinski definition) is 6. The SMILES string of the molecule is Cc1cccc(-c2noc(C(=O)NCCNC(=O)COc3ccc(Cl)c(C)c3)n2)c1. The van der Waals surface area contributed by atoms with E-state index in [9.17, 15) is 9.59 Å². The molecule has 3 aromatic rings. The van der Waals surface area contributed by atoms with Crippen LogP contribution in [0.25, 0.3) is 11.4 Å². The zero-order valence-corrected chi connectivity index (χ0v) is 17.3. The zero-order valence-electron chi connectivity index (χ0n) is 16.6. The molecule has 0 bridgehead atoms. The zero-order chi connectivity index (χ0) is 21.5. The maximum absolute atomic E-state index is 12.1. The summed E-state index contributed by atoms with van der Waals surface area (Å²) in [5.74, 6) is -0.0629. The molecule has 0 radical (unpaired) electrons. The highest BCUT2D eigenvalue weighted by molar-refractivity contribution is 6.31. The van der Waals surface area contributed by atoms with Gasteiger partial charge in [0.1, 0.15) is 5.75 Å². The third-order valence-electron chi connectivity index (χ3n) is 4.13. The summed E-state index contributed by atoms with van der Waals surface area (Å²) in [4.78, 5) is 28.1. The molecule has 0 atom stereocenters. The summed E-state index contributed by atoms with van der Waals surface area (Å²) in [7, 11) is 0. The smallest absolute Gasteiger partial charge is 0.316 e. The number of amides is 2. The Morgan fingerprint density at radius 1 is 1.10 bits per heavy atom. The van der Waals surface area contributed by atoms with Gasteiger partial charge in [0.2, 0.25) is 5.82 Å². The van der Waals surface area contributed by atoms with Crippen LogP contribution in [0.5, 0.6) is 5.75 Å².